The molecule has 1 aromatic carbocycles. The van der Waals surface area contributed by atoms with Gasteiger partial charge in [0.2, 0.25) is 5.76 Å². The molecule has 0 N–H and O–H groups in total. The van der Waals surface area contributed by atoms with Crippen molar-refractivity contribution in [2.45, 2.75) is 26.4 Å². The van der Waals surface area contributed by atoms with Gasteiger partial charge in [0.1, 0.15) is 11.9 Å². The summed E-state index contributed by atoms with van der Waals surface area (Å²) in [4.78, 5) is 27.7. The average Bonchev–Trinajstić information content (AvgIpc) is 3.14. The van der Waals surface area contributed by atoms with Gasteiger partial charge in [-0.15, -0.1) is 0 Å². The van der Waals surface area contributed by atoms with E-state index in [0.29, 0.717) is 54.7 Å². The molecule has 0 aliphatic carbocycles. The molecule has 3 heterocycles. The molecule has 8 heteroatoms. The first-order valence-electron chi connectivity index (χ1n) is 9.50. The Morgan fingerprint density at radius 1 is 1.31 bits per heavy atom. The lowest BCUT2D eigenvalue weighted by atomic mass is 10.1. The van der Waals surface area contributed by atoms with E-state index >= 15 is 0 Å². The first kappa shape index (κ1) is 19.2. The van der Waals surface area contributed by atoms with Gasteiger partial charge in [-0.2, -0.15) is 0 Å². The number of amides is 1. The van der Waals surface area contributed by atoms with Gasteiger partial charge in [0.25, 0.3) is 5.91 Å². The third kappa shape index (κ3) is 4.02. The summed E-state index contributed by atoms with van der Waals surface area (Å²) in [6.07, 6.45) is 3.38. The molecule has 1 fully saturated rings. The Morgan fingerprint density at radius 2 is 2.17 bits per heavy atom. The highest BCUT2D eigenvalue weighted by atomic mass is 19.1. The molecule has 3 aromatic rings. The fourth-order valence-corrected chi connectivity index (χ4v) is 3.28. The van der Waals surface area contributed by atoms with E-state index in [1.54, 1.807) is 36.4 Å². The van der Waals surface area contributed by atoms with Gasteiger partial charge < -0.3 is 14.1 Å². The van der Waals surface area contributed by atoms with Crippen LogP contribution in [0.5, 0.6) is 0 Å². The lowest BCUT2D eigenvalue weighted by Gasteiger charge is -2.32. The highest BCUT2D eigenvalue weighted by Gasteiger charge is 2.30. The quantitative estimate of drug-likeness (QED) is 0.673. The van der Waals surface area contributed by atoms with E-state index in [0.717, 1.165) is 0 Å². The fourth-order valence-electron chi connectivity index (χ4n) is 3.28. The third-order valence-corrected chi connectivity index (χ3v) is 4.79. The summed E-state index contributed by atoms with van der Waals surface area (Å²) in [7, 11) is 0. The van der Waals surface area contributed by atoms with Crippen molar-refractivity contribution in [3.8, 4) is 11.3 Å². The minimum Gasteiger partial charge on any atom is -0.435 e. The molecular formula is C21H21FN4O3. The van der Waals surface area contributed by atoms with Crippen molar-refractivity contribution in [3.63, 3.8) is 0 Å². The molecule has 0 bridgehead atoms. The van der Waals surface area contributed by atoms with Crippen LogP contribution in [0.15, 0.2) is 41.1 Å². The van der Waals surface area contributed by atoms with Crippen LogP contribution in [0.3, 0.4) is 0 Å². The summed E-state index contributed by atoms with van der Waals surface area (Å²) in [5.41, 5.74) is 2.36. The Balaban J connectivity index is 1.55. The summed E-state index contributed by atoms with van der Waals surface area (Å²) in [6, 6.07) is 6.18. The van der Waals surface area contributed by atoms with E-state index in [9.17, 15) is 9.18 Å². The van der Waals surface area contributed by atoms with Crippen LogP contribution in [0, 0.1) is 12.7 Å². The number of rotatable bonds is 4. The fraction of sp³-hybridized carbons (Fsp3) is 0.333. The molecular weight excluding hydrogens is 375 g/mol. The molecule has 7 nitrogen and oxygen atoms in total. The van der Waals surface area contributed by atoms with E-state index in [1.165, 1.54) is 12.1 Å². The van der Waals surface area contributed by atoms with Crippen LogP contribution >= 0.6 is 0 Å². The van der Waals surface area contributed by atoms with Crippen molar-refractivity contribution in [1.29, 1.82) is 0 Å². The normalized spacial score (nSPS) is 16.8. The number of aryl methyl sites for hydroxylation is 2. The van der Waals surface area contributed by atoms with Crippen molar-refractivity contribution < 1.29 is 18.3 Å². The number of ether oxygens (including phenoxy) is 1. The highest BCUT2D eigenvalue weighted by Crippen LogP contribution is 2.25. The van der Waals surface area contributed by atoms with Crippen LogP contribution in [-0.4, -0.2) is 45.5 Å². The molecule has 0 saturated carbocycles. The smallest absolute Gasteiger partial charge is 0.291 e. The lowest BCUT2D eigenvalue weighted by Crippen LogP contribution is -2.42. The van der Waals surface area contributed by atoms with E-state index in [1.807, 2.05) is 6.92 Å². The molecule has 0 radical (unpaired) electrons. The molecule has 1 atom stereocenters. The Hall–Kier alpha value is -3.13. The van der Waals surface area contributed by atoms with Crippen LogP contribution in [0.2, 0.25) is 0 Å². The van der Waals surface area contributed by atoms with Gasteiger partial charge in [-0.05, 0) is 19.1 Å². The Kier molecular flexibility index (Phi) is 5.35. The Bertz CT molecular complexity index is 1040. The number of nitrogens with zero attached hydrogens (tertiary/aromatic N) is 4. The molecule has 1 saturated heterocycles. The Labute approximate surface area is 167 Å². The first-order valence-corrected chi connectivity index (χ1v) is 9.50. The monoisotopic (exact) mass is 396 g/mol. The molecule has 29 heavy (non-hydrogen) atoms. The van der Waals surface area contributed by atoms with Gasteiger partial charge in [-0.3, -0.25) is 9.78 Å². The number of oxazole rings is 1. The zero-order valence-electron chi connectivity index (χ0n) is 16.3. The maximum absolute atomic E-state index is 13.5. The molecule has 0 unspecified atom stereocenters. The van der Waals surface area contributed by atoms with Gasteiger partial charge in [0, 0.05) is 18.5 Å². The number of hydrogen-bond donors (Lipinski definition) is 0. The van der Waals surface area contributed by atoms with Crippen LogP contribution in [0.4, 0.5) is 4.39 Å². The number of carbonyl (C=O) groups is 1. The molecule has 4 rings (SSSR count). The van der Waals surface area contributed by atoms with Crippen molar-refractivity contribution in [3.05, 3.63) is 65.5 Å². The van der Waals surface area contributed by atoms with E-state index in [4.69, 9.17) is 9.15 Å². The standard InChI is InChI=1S/C21H21FN4O3/c1-3-19-24-13(2)20(29-19)21(27)26-7-8-28-18(12-26)17-11-23-10-16(25-17)14-5-4-6-15(22)9-14/h4-6,9-11,18H,3,7-8,12H2,1-2H3/t18-/m0/s1. The Morgan fingerprint density at radius 3 is 2.93 bits per heavy atom. The van der Waals surface area contributed by atoms with Gasteiger partial charge in [0.15, 0.2) is 5.89 Å². The molecule has 1 aliphatic heterocycles. The van der Waals surface area contributed by atoms with Crippen LogP contribution < -0.4 is 0 Å². The summed E-state index contributed by atoms with van der Waals surface area (Å²) in [5, 5.41) is 0. The number of benzene rings is 1. The van der Waals surface area contributed by atoms with E-state index < -0.39 is 6.10 Å². The topological polar surface area (TPSA) is 81.4 Å². The van der Waals surface area contributed by atoms with Gasteiger partial charge in [-0.1, -0.05) is 19.1 Å². The summed E-state index contributed by atoms with van der Waals surface area (Å²) in [6.45, 7) is 4.84. The van der Waals surface area contributed by atoms with Crippen molar-refractivity contribution in [2.75, 3.05) is 19.7 Å². The SMILES string of the molecule is CCc1nc(C)c(C(=O)N2CCO[C@H](c3cncc(-c4cccc(F)c4)n3)C2)o1. The summed E-state index contributed by atoms with van der Waals surface area (Å²) < 4.78 is 25.0. The molecule has 150 valence electrons. The maximum Gasteiger partial charge on any atom is 0.291 e. The number of carbonyl (C=O) groups excluding carboxylic acids is 1. The third-order valence-electron chi connectivity index (χ3n) is 4.79. The number of aromatic nitrogens is 3. The van der Waals surface area contributed by atoms with Gasteiger partial charge in [0.05, 0.1) is 42.6 Å². The van der Waals surface area contributed by atoms with E-state index in [-0.39, 0.29) is 17.5 Å². The van der Waals surface area contributed by atoms with Crippen molar-refractivity contribution >= 4 is 5.91 Å². The predicted molar refractivity (Wildman–Crippen MR) is 103 cm³/mol. The highest BCUT2D eigenvalue weighted by molar-refractivity contribution is 5.92. The van der Waals surface area contributed by atoms with Crippen LogP contribution in [0.25, 0.3) is 11.3 Å². The summed E-state index contributed by atoms with van der Waals surface area (Å²) in [5.74, 6) is 0.262. The second kappa shape index (κ2) is 8.08. The zero-order chi connectivity index (χ0) is 20.4. The molecule has 1 amide bonds. The largest absolute Gasteiger partial charge is 0.435 e. The van der Waals surface area contributed by atoms with Gasteiger partial charge >= 0.3 is 0 Å². The second-order valence-corrected chi connectivity index (χ2v) is 6.83. The average molecular weight is 396 g/mol. The molecule has 0 spiro atoms. The van der Waals surface area contributed by atoms with E-state index in [2.05, 4.69) is 15.0 Å². The van der Waals surface area contributed by atoms with Crippen LogP contribution in [-0.2, 0) is 11.2 Å². The molecule has 2 aromatic heterocycles. The van der Waals surface area contributed by atoms with Crippen molar-refractivity contribution in [1.82, 2.24) is 19.9 Å². The zero-order valence-corrected chi connectivity index (χ0v) is 16.3. The minimum atomic E-state index is -0.428. The first-order chi connectivity index (χ1) is 14.0. The molecule has 1 aliphatic rings. The van der Waals surface area contributed by atoms with Crippen LogP contribution in [0.1, 0.15) is 40.9 Å². The minimum absolute atomic E-state index is 0.211. The van der Waals surface area contributed by atoms with Crippen molar-refractivity contribution in [2.24, 2.45) is 0 Å². The van der Waals surface area contributed by atoms with Gasteiger partial charge in [-0.25, -0.2) is 14.4 Å². The summed E-state index contributed by atoms with van der Waals surface area (Å²) >= 11 is 0. The predicted octanol–water partition coefficient (Wildman–Crippen LogP) is 3.36. The number of halogens is 1. The maximum atomic E-state index is 13.5. The number of hydrogen-bond acceptors (Lipinski definition) is 6. The lowest BCUT2D eigenvalue weighted by molar-refractivity contribution is -0.0258. The number of morpholine rings is 1. The second-order valence-electron chi connectivity index (χ2n) is 6.83.